The molecule has 60 valence electrons. The Morgan fingerprint density at radius 2 is 2.00 bits per heavy atom. The van der Waals surface area contributed by atoms with E-state index < -0.39 is 7.14 Å². The third-order valence-electron chi connectivity index (χ3n) is 1.29. The molecule has 0 amide bonds. The van der Waals surface area contributed by atoms with Crippen LogP contribution in [0.5, 0.6) is 0 Å². The van der Waals surface area contributed by atoms with Crippen molar-refractivity contribution in [2.24, 2.45) is 0 Å². The Bertz CT molecular complexity index is 305. The van der Waals surface area contributed by atoms with Crippen molar-refractivity contribution in [3.05, 3.63) is 18.1 Å². The molecule has 1 aromatic rings. The largest absolute Gasteiger partial charge is 0.318 e. The van der Waals surface area contributed by atoms with Crippen LogP contribution in [0.15, 0.2) is 12.4 Å². The zero-order valence-electron chi connectivity index (χ0n) is 6.90. The molecule has 0 unspecified atom stereocenters. The van der Waals surface area contributed by atoms with Crippen LogP contribution in [0.25, 0.3) is 0 Å². The Hall–Kier alpha value is -0.690. The van der Waals surface area contributed by atoms with Crippen LogP contribution in [0.2, 0.25) is 0 Å². The van der Waals surface area contributed by atoms with Crippen LogP contribution in [0, 0.1) is 6.92 Å². The molecule has 4 heteroatoms. The highest BCUT2D eigenvalue weighted by Crippen LogP contribution is 2.32. The van der Waals surface area contributed by atoms with Gasteiger partial charge in [0.2, 0.25) is 0 Å². The van der Waals surface area contributed by atoms with E-state index in [1.165, 1.54) is 0 Å². The standard InChI is InChI=1S/C7H11N2OP/c1-6-4-8-5-7(9-6)11(2,3)10/h4-5H,1-3H3. The maximum absolute atomic E-state index is 11.5. The van der Waals surface area contributed by atoms with Gasteiger partial charge in [0.25, 0.3) is 0 Å². The molecule has 3 nitrogen and oxygen atoms in total. The lowest BCUT2D eigenvalue weighted by molar-refractivity contribution is 0.587. The van der Waals surface area contributed by atoms with E-state index >= 15 is 0 Å². The number of hydrogen-bond acceptors (Lipinski definition) is 3. The Kier molecular flexibility index (Phi) is 2.10. The van der Waals surface area contributed by atoms with Crippen molar-refractivity contribution in [2.75, 3.05) is 13.3 Å². The van der Waals surface area contributed by atoms with E-state index in [1.54, 1.807) is 25.7 Å². The zero-order chi connectivity index (χ0) is 8.48. The number of rotatable bonds is 1. The monoisotopic (exact) mass is 170 g/mol. The molecule has 0 radical (unpaired) electrons. The summed E-state index contributed by atoms with van der Waals surface area (Å²) in [5.74, 6) is 0. The van der Waals surface area contributed by atoms with Crippen molar-refractivity contribution >= 4 is 12.6 Å². The zero-order valence-corrected chi connectivity index (χ0v) is 7.80. The minimum Gasteiger partial charge on any atom is -0.318 e. The van der Waals surface area contributed by atoms with Crippen LogP contribution < -0.4 is 5.44 Å². The molecule has 0 aliphatic heterocycles. The van der Waals surface area contributed by atoms with Crippen molar-refractivity contribution < 1.29 is 4.57 Å². The summed E-state index contributed by atoms with van der Waals surface area (Å²) in [4.78, 5) is 8.03. The number of aromatic nitrogens is 2. The quantitative estimate of drug-likeness (QED) is 0.591. The average molecular weight is 170 g/mol. The fraction of sp³-hybridized carbons (Fsp3) is 0.429. The first-order chi connectivity index (χ1) is 5.00. The molecule has 0 bridgehead atoms. The van der Waals surface area contributed by atoms with Crippen LogP contribution in [-0.2, 0) is 4.57 Å². The van der Waals surface area contributed by atoms with Crippen LogP contribution in [-0.4, -0.2) is 23.3 Å². The lowest BCUT2D eigenvalue weighted by Gasteiger charge is -2.04. The van der Waals surface area contributed by atoms with E-state index in [2.05, 4.69) is 9.97 Å². The second-order valence-electron chi connectivity index (χ2n) is 2.87. The van der Waals surface area contributed by atoms with Crippen molar-refractivity contribution in [3.8, 4) is 0 Å². The summed E-state index contributed by atoms with van der Waals surface area (Å²) in [6.07, 6.45) is 3.22. The first kappa shape index (κ1) is 8.41. The van der Waals surface area contributed by atoms with Gasteiger partial charge in [0.1, 0.15) is 12.6 Å². The molecule has 0 saturated heterocycles. The molecule has 11 heavy (non-hydrogen) atoms. The maximum atomic E-state index is 11.5. The molecule has 0 atom stereocenters. The maximum Gasteiger partial charge on any atom is 0.128 e. The fourth-order valence-electron chi connectivity index (χ4n) is 0.710. The highest BCUT2D eigenvalue weighted by atomic mass is 31.2. The third kappa shape index (κ3) is 2.12. The molecule has 0 N–H and O–H groups in total. The molecule has 0 fully saturated rings. The van der Waals surface area contributed by atoms with E-state index in [0.29, 0.717) is 5.44 Å². The van der Waals surface area contributed by atoms with Crippen LogP contribution in [0.1, 0.15) is 5.69 Å². The smallest absolute Gasteiger partial charge is 0.128 e. The van der Waals surface area contributed by atoms with Crippen LogP contribution >= 0.6 is 7.14 Å². The summed E-state index contributed by atoms with van der Waals surface area (Å²) >= 11 is 0. The van der Waals surface area contributed by atoms with Gasteiger partial charge < -0.3 is 4.57 Å². The summed E-state index contributed by atoms with van der Waals surface area (Å²) in [5, 5.41) is 0. The SMILES string of the molecule is Cc1cncc(P(C)(C)=O)n1. The molecule has 1 heterocycles. The van der Waals surface area contributed by atoms with Gasteiger partial charge in [-0.1, -0.05) is 0 Å². The van der Waals surface area contributed by atoms with Crippen LogP contribution in [0.3, 0.4) is 0 Å². The summed E-state index contributed by atoms with van der Waals surface area (Å²) < 4.78 is 11.5. The number of hydrogen-bond donors (Lipinski definition) is 0. The summed E-state index contributed by atoms with van der Waals surface area (Å²) in [7, 11) is -2.22. The van der Waals surface area contributed by atoms with E-state index in [-0.39, 0.29) is 0 Å². The minimum absolute atomic E-state index is 0.609. The Morgan fingerprint density at radius 1 is 1.36 bits per heavy atom. The van der Waals surface area contributed by atoms with Gasteiger partial charge in [-0.2, -0.15) is 0 Å². The highest BCUT2D eigenvalue weighted by molar-refractivity contribution is 7.69. The highest BCUT2D eigenvalue weighted by Gasteiger charge is 2.12. The summed E-state index contributed by atoms with van der Waals surface area (Å²) in [6, 6.07) is 0. The van der Waals surface area contributed by atoms with Crippen molar-refractivity contribution in [2.45, 2.75) is 6.92 Å². The predicted octanol–water partition coefficient (Wildman–Crippen LogP) is 1.03. The van der Waals surface area contributed by atoms with Gasteiger partial charge in [0.15, 0.2) is 0 Å². The molecular weight excluding hydrogens is 159 g/mol. The molecule has 0 aliphatic carbocycles. The van der Waals surface area contributed by atoms with Gasteiger partial charge in [0, 0.05) is 6.20 Å². The first-order valence-electron chi connectivity index (χ1n) is 3.34. The van der Waals surface area contributed by atoms with Gasteiger partial charge in [-0.25, -0.2) is 4.98 Å². The Labute approximate surface area is 66.3 Å². The summed E-state index contributed by atoms with van der Waals surface area (Å²) in [6.45, 7) is 5.22. The van der Waals surface area contributed by atoms with Gasteiger partial charge >= 0.3 is 0 Å². The third-order valence-corrected chi connectivity index (χ3v) is 2.61. The van der Waals surface area contributed by atoms with Gasteiger partial charge in [-0.05, 0) is 20.3 Å². The molecule has 1 rings (SSSR count). The van der Waals surface area contributed by atoms with Crippen LogP contribution in [0.4, 0.5) is 0 Å². The molecule has 0 aliphatic rings. The molecule has 0 saturated carbocycles. The number of nitrogens with zero attached hydrogens (tertiary/aromatic N) is 2. The van der Waals surface area contributed by atoms with Crippen molar-refractivity contribution in [3.63, 3.8) is 0 Å². The average Bonchev–Trinajstić information content (AvgIpc) is 1.86. The second-order valence-corrected chi connectivity index (χ2v) is 6.03. The lowest BCUT2D eigenvalue weighted by atomic mass is 10.5. The van der Waals surface area contributed by atoms with E-state index in [0.717, 1.165) is 5.69 Å². The summed E-state index contributed by atoms with van der Waals surface area (Å²) in [5.41, 5.74) is 1.42. The molecular formula is C7H11N2OP. The van der Waals surface area contributed by atoms with Gasteiger partial charge in [-0.3, -0.25) is 4.98 Å². The van der Waals surface area contributed by atoms with Crippen molar-refractivity contribution in [1.82, 2.24) is 9.97 Å². The number of aryl methyl sites for hydroxylation is 1. The Morgan fingerprint density at radius 3 is 2.36 bits per heavy atom. The predicted molar refractivity (Wildman–Crippen MR) is 45.9 cm³/mol. The van der Waals surface area contributed by atoms with Gasteiger partial charge in [0.05, 0.1) is 11.9 Å². The first-order valence-corrected chi connectivity index (χ1v) is 5.94. The fourth-order valence-corrected chi connectivity index (χ4v) is 1.45. The van der Waals surface area contributed by atoms with Crippen molar-refractivity contribution in [1.29, 1.82) is 0 Å². The molecule has 0 aromatic carbocycles. The Balaban J connectivity index is 3.17. The molecule has 1 aromatic heterocycles. The van der Waals surface area contributed by atoms with E-state index in [1.807, 2.05) is 6.92 Å². The topological polar surface area (TPSA) is 42.9 Å². The molecule has 0 spiro atoms. The van der Waals surface area contributed by atoms with Gasteiger partial charge in [-0.15, -0.1) is 0 Å². The normalized spacial score (nSPS) is 11.5. The lowest BCUT2D eigenvalue weighted by Crippen LogP contribution is -2.09. The van der Waals surface area contributed by atoms with E-state index in [4.69, 9.17) is 0 Å². The van der Waals surface area contributed by atoms with E-state index in [9.17, 15) is 4.57 Å². The minimum atomic E-state index is -2.22. The second kappa shape index (κ2) is 2.74.